The zero-order valence-corrected chi connectivity index (χ0v) is 15.1. The third kappa shape index (κ3) is 5.11. The number of rotatable bonds is 7. The molecule has 0 aliphatic rings. The number of para-hydroxylation sites is 1. The van der Waals surface area contributed by atoms with E-state index in [1.165, 1.54) is 11.8 Å². The maximum absolute atomic E-state index is 11.9. The summed E-state index contributed by atoms with van der Waals surface area (Å²) in [4.78, 5) is 12.9. The summed E-state index contributed by atoms with van der Waals surface area (Å²) < 4.78 is 1.84. The first kappa shape index (κ1) is 17.6. The molecule has 1 heterocycles. The fourth-order valence-corrected chi connectivity index (χ4v) is 3.37. The SMILES string of the molecule is O=C(CSc1ccccc1Cl)NCCc1ccn(-c2ccccc2)n1. The summed E-state index contributed by atoms with van der Waals surface area (Å²) >= 11 is 7.52. The monoisotopic (exact) mass is 371 g/mol. The number of hydrogen-bond donors (Lipinski definition) is 1. The average molecular weight is 372 g/mol. The van der Waals surface area contributed by atoms with E-state index in [2.05, 4.69) is 10.4 Å². The lowest BCUT2D eigenvalue weighted by Gasteiger charge is -2.05. The second-order valence-corrected chi connectivity index (χ2v) is 6.83. The van der Waals surface area contributed by atoms with Crippen molar-refractivity contribution < 1.29 is 4.79 Å². The number of halogens is 1. The van der Waals surface area contributed by atoms with Crippen LogP contribution in [0.1, 0.15) is 5.69 Å². The van der Waals surface area contributed by atoms with Crippen LogP contribution in [0.2, 0.25) is 5.02 Å². The van der Waals surface area contributed by atoms with Gasteiger partial charge in [0, 0.05) is 24.1 Å². The number of benzene rings is 2. The minimum atomic E-state index is -0.00703. The Morgan fingerprint density at radius 1 is 1.08 bits per heavy atom. The number of amides is 1. The normalized spacial score (nSPS) is 10.6. The van der Waals surface area contributed by atoms with Gasteiger partial charge >= 0.3 is 0 Å². The summed E-state index contributed by atoms with van der Waals surface area (Å²) in [6.45, 7) is 0.563. The highest BCUT2D eigenvalue weighted by molar-refractivity contribution is 8.00. The van der Waals surface area contributed by atoms with Gasteiger partial charge in [-0.2, -0.15) is 5.10 Å². The molecule has 0 atom stereocenters. The molecule has 6 heteroatoms. The first-order valence-corrected chi connectivity index (χ1v) is 9.33. The average Bonchev–Trinajstić information content (AvgIpc) is 3.11. The number of carbonyl (C=O) groups is 1. The van der Waals surface area contributed by atoms with Gasteiger partial charge in [-0.15, -0.1) is 11.8 Å². The minimum Gasteiger partial charge on any atom is -0.355 e. The lowest BCUT2D eigenvalue weighted by molar-refractivity contribution is -0.118. The van der Waals surface area contributed by atoms with Gasteiger partial charge in [-0.3, -0.25) is 4.79 Å². The Morgan fingerprint density at radius 2 is 1.84 bits per heavy atom. The highest BCUT2D eigenvalue weighted by Gasteiger charge is 2.06. The van der Waals surface area contributed by atoms with E-state index in [1.807, 2.05) is 71.5 Å². The van der Waals surface area contributed by atoms with E-state index in [0.717, 1.165) is 16.3 Å². The molecule has 0 saturated heterocycles. The fourth-order valence-electron chi connectivity index (χ4n) is 2.31. The molecule has 1 amide bonds. The molecule has 0 saturated carbocycles. The first-order chi connectivity index (χ1) is 12.2. The van der Waals surface area contributed by atoms with Gasteiger partial charge in [0.25, 0.3) is 0 Å². The van der Waals surface area contributed by atoms with E-state index < -0.39 is 0 Å². The molecule has 3 aromatic rings. The van der Waals surface area contributed by atoms with Crippen LogP contribution < -0.4 is 5.32 Å². The van der Waals surface area contributed by atoms with Crippen molar-refractivity contribution in [3.05, 3.63) is 77.6 Å². The summed E-state index contributed by atoms with van der Waals surface area (Å²) in [5, 5.41) is 8.12. The standard InChI is InChI=1S/C19H18ClN3OS/c20-17-8-4-5-9-18(17)25-14-19(24)21-12-10-15-11-13-23(22-15)16-6-2-1-3-7-16/h1-9,11,13H,10,12,14H2,(H,21,24). The van der Waals surface area contributed by atoms with Crippen molar-refractivity contribution in [3.8, 4) is 5.69 Å². The number of thioether (sulfide) groups is 1. The lowest BCUT2D eigenvalue weighted by Crippen LogP contribution is -2.27. The quantitative estimate of drug-likeness (QED) is 0.639. The third-order valence-electron chi connectivity index (χ3n) is 3.56. The molecular formula is C19H18ClN3OS. The summed E-state index contributed by atoms with van der Waals surface area (Å²) in [6, 6.07) is 19.4. The molecule has 3 rings (SSSR count). The summed E-state index contributed by atoms with van der Waals surface area (Å²) in [5.41, 5.74) is 1.97. The van der Waals surface area contributed by atoms with Crippen LogP contribution in [0.25, 0.3) is 5.69 Å². The second-order valence-electron chi connectivity index (χ2n) is 5.41. The van der Waals surface area contributed by atoms with E-state index >= 15 is 0 Å². The molecule has 0 unspecified atom stereocenters. The van der Waals surface area contributed by atoms with Gasteiger partial charge < -0.3 is 5.32 Å². The molecular weight excluding hydrogens is 354 g/mol. The van der Waals surface area contributed by atoms with Gasteiger partial charge in [-0.05, 0) is 30.3 Å². The van der Waals surface area contributed by atoms with Crippen LogP contribution in [0.5, 0.6) is 0 Å². The van der Waals surface area contributed by atoms with Crippen molar-refractivity contribution in [2.45, 2.75) is 11.3 Å². The van der Waals surface area contributed by atoms with Gasteiger partial charge in [0.05, 0.1) is 22.2 Å². The highest BCUT2D eigenvalue weighted by atomic mass is 35.5. The van der Waals surface area contributed by atoms with Gasteiger partial charge in [-0.1, -0.05) is 41.9 Å². The zero-order chi connectivity index (χ0) is 17.5. The molecule has 0 aliphatic carbocycles. The number of carbonyl (C=O) groups excluding carboxylic acids is 1. The van der Waals surface area contributed by atoms with Crippen LogP contribution in [0.4, 0.5) is 0 Å². The second kappa shape index (κ2) is 8.74. The van der Waals surface area contributed by atoms with Crippen LogP contribution in [-0.2, 0) is 11.2 Å². The Labute approximate surface area is 156 Å². The molecule has 0 bridgehead atoms. The first-order valence-electron chi connectivity index (χ1n) is 7.96. The van der Waals surface area contributed by atoms with E-state index in [1.54, 1.807) is 0 Å². The molecule has 0 spiro atoms. The summed E-state index contributed by atoms with van der Waals surface area (Å²) in [7, 11) is 0. The largest absolute Gasteiger partial charge is 0.355 e. The number of hydrogen-bond acceptors (Lipinski definition) is 3. The molecule has 0 radical (unpaired) electrons. The van der Waals surface area contributed by atoms with Crippen LogP contribution in [-0.4, -0.2) is 28.0 Å². The topological polar surface area (TPSA) is 46.9 Å². The van der Waals surface area contributed by atoms with Gasteiger partial charge in [0.1, 0.15) is 0 Å². The van der Waals surface area contributed by atoms with Crippen molar-refractivity contribution in [3.63, 3.8) is 0 Å². The Kier molecular flexibility index (Phi) is 6.14. The highest BCUT2D eigenvalue weighted by Crippen LogP contribution is 2.26. The smallest absolute Gasteiger partial charge is 0.230 e. The van der Waals surface area contributed by atoms with E-state index in [9.17, 15) is 4.79 Å². The Hall–Kier alpha value is -2.24. The molecule has 128 valence electrons. The van der Waals surface area contributed by atoms with Gasteiger partial charge in [-0.25, -0.2) is 4.68 Å². The molecule has 25 heavy (non-hydrogen) atoms. The molecule has 2 aromatic carbocycles. The van der Waals surface area contributed by atoms with Crippen LogP contribution >= 0.6 is 23.4 Å². The molecule has 1 N–H and O–H groups in total. The third-order valence-corrected chi connectivity index (χ3v) is 5.08. The summed E-state index contributed by atoms with van der Waals surface area (Å²) in [5.74, 6) is 0.342. The molecule has 0 fully saturated rings. The van der Waals surface area contributed by atoms with Crippen molar-refractivity contribution in [1.82, 2.24) is 15.1 Å². The number of aromatic nitrogens is 2. The zero-order valence-electron chi connectivity index (χ0n) is 13.6. The van der Waals surface area contributed by atoms with Crippen molar-refractivity contribution >= 4 is 29.3 Å². The van der Waals surface area contributed by atoms with Crippen LogP contribution in [0.3, 0.4) is 0 Å². The predicted molar refractivity (Wildman–Crippen MR) is 102 cm³/mol. The van der Waals surface area contributed by atoms with Crippen LogP contribution in [0, 0.1) is 0 Å². The molecule has 4 nitrogen and oxygen atoms in total. The fraction of sp³-hybridized carbons (Fsp3) is 0.158. The predicted octanol–water partition coefficient (Wildman–Crippen LogP) is 3.98. The van der Waals surface area contributed by atoms with Gasteiger partial charge in [0.2, 0.25) is 5.91 Å². The Morgan fingerprint density at radius 3 is 2.64 bits per heavy atom. The van der Waals surface area contributed by atoms with E-state index in [-0.39, 0.29) is 5.91 Å². The lowest BCUT2D eigenvalue weighted by atomic mass is 10.3. The number of nitrogens with zero attached hydrogens (tertiary/aromatic N) is 2. The van der Waals surface area contributed by atoms with E-state index in [0.29, 0.717) is 23.7 Å². The van der Waals surface area contributed by atoms with Crippen LogP contribution in [0.15, 0.2) is 71.8 Å². The Balaban J connectivity index is 1.43. The maximum atomic E-state index is 11.9. The molecule has 1 aromatic heterocycles. The maximum Gasteiger partial charge on any atom is 0.230 e. The van der Waals surface area contributed by atoms with Crippen molar-refractivity contribution in [1.29, 1.82) is 0 Å². The Bertz CT molecular complexity index is 835. The minimum absolute atomic E-state index is 0.00703. The number of nitrogens with one attached hydrogen (secondary N) is 1. The van der Waals surface area contributed by atoms with Crippen molar-refractivity contribution in [2.24, 2.45) is 0 Å². The summed E-state index contributed by atoms with van der Waals surface area (Å²) in [6.07, 6.45) is 2.63. The van der Waals surface area contributed by atoms with Gasteiger partial charge in [0.15, 0.2) is 0 Å². The van der Waals surface area contributed by atoms with Crippen molar-refractivity contribution in [2.75, 3.05) is 12.3 Å². The molecule has 0 aliphatic heterocycles. The van der Waals surface area contributed by atoms with E-state index in [4.69, 9.17) is 11.6 Å².